The molecule has 34 heavy (non-hydrogen) atoms. The highest BCUT2D eigenvalue weighted by Gasteiger charge is 2.46. The summed E-state index contributed by atoms with van der Waals surface area (Å²) in [6.07, 6.45) is 3.44. The first-order valence-electron chi connectivity index (χ1n) is 11.7. The van der Waals surface area contributed by atoms with Crippen LogP contribution in [0.1, 0.15) is 29.9 Å². The summed E-state index contributed by atoms with van der Waals surface area (Å²) in [7, 11) is 1.91. The van der Waals surface area contributed by atoms with Crippen LogP contribution in [-0.2, 0) is 18.4 Å². The molecule has 9 heteroatoms. The zero-order valence-corrected chi connectivity index (χ0v) is 20.6. The monoisotopic (exact) mass is 479 g/mol. The molecule has 0 atom stereocenters. The Balaban J connectivity index is 1.32. The quantitative estimate of drug-likeness (QED) is 0.619. The van der Waals surface area contributed by atoms with E-state index in [2.05, 4.69) is 25.3 Å². The van der Waals surface area contributed by atoms with Crippen molar-refractivity contribution in [1.82, 2.24) is 30.0 Å². The van der Waals surface area contributed by atoms with E-state index in [0.717, 1.165) is 66.6 Å². The van der Waals surface area contributed by atoms with Crippen LogP contribution < -0.4 is 10.2 Å². The number of aryl methyl sites for hydroxylation is 3. The maximum atomic E-state index is 13.7. The highest BCUT2D eigenvalue weighted by atomic mass is 35.5. The first-order valence-corrected chi connectivity index (χ1v) is 12.1. The number of rotatable bonds is 4. The summed E-state index contributed by atoms with van der Waals surface area (Å²) in [6.45, 7) is 7.38. The highest BCUT2D eigenvalue weighted by molar-refractivity contribution is 6.30. The maximum Gasteiger partial charge on any atom is 0.243 e. The SMILES string of the molecule is Cc1cc(C)nc(N2CCC3(CC2)NCCN(Cc2nn(C)cc2-c2cccc(Cl)c2)C3=O)n1. The molecule has 1 N–H and O–H groups in total. The normalized spacial score (nSPS) is 18.1. The summed E-state index contributed by atoms with van der Waals surface area (Å²) >= 11 is 6.23. The Hall–Kier alpha value is -2.97. The number of benzene rings is 1. The third-order valence-corrected chi connectivity index (χ3v) is 7.03. The van der Waals surface area contributed by atoms with E-state index in [-0.39, 0.29) is 5.91 Å². The summed E-state index contributed by atoms with van der Waals surface area (Å²) in [5.74, 6) is 0.912. The second-order valence-corrected chi connectivity index (χ2v) is 9.78. The number of amides is 1. The third kappa shape index (κ3) is 4.40. The Labute approximate surface area is 204 Å². The Kier molecular flexibility index (Phi) is 6.04. The minimum atomic E-state index is -0.543. The number of aromatic nitrogens is 4. The zero-order valence-electron chi connectivity index (χ0n) is 19.9. The molecule has 2 aliphatic rings. The molecule has 1 aromatic carbocycles. The third-order valence-electron chi connectivity index (χ3n) is 6.79. The van der Waals surface area contributed by atoms with Crippen molar-refractivity contribution < 1.29 is 4.79 Å². The van der Waals surface area contributed by atoms with Gasteiger partial charge in [0.1, 0.15) is 5.54 Å². The van der Waals surface area contributed by atoms with Gasteiger partial charge in [0.25, 0.3) is 0 Å². The van der Waals surface area contributed by atoms with Gasteiger partial charge in [-0.05, 0) is 50.5 Å². The number of hydrogen-bond acceptors (Lipinski definition) is 6. The van der Waals surface area contributed by atoms with Gasteiger partial charge in [-0.1, -0.05) is 23.7 Å². The average molecular weight is 480 g/mol. The lowest BCUT2D eigenvalue weighted by molar-refractivity contribution is -0.143. The van der Waals surface area contributed by atoms with Crippen LogP contribution in [-0.4, -0.2) is 62.3 Å². The van der Waals surface area contributed by atoms with Crippen molar-refractivity contribution in [2.45, 2.75) is 38.8 Å². The van der Waals surface area contributed by atoms with Crippen LogP contribution in [0, 0.1) is 13.8 Å². The highest BCUT2D eigenvalue weighted by Crippen LogP contribution is 2.31. The van der Waals surface area contributed by atoms with E-state index in [1.165, 1.54) is 0 Å². The molecule has 2 aromatic heterocycles. The molecular formula is C25H30ClN7O. The lowest BCUT2D eigenvalue weighted by Crippen LogP contribution is -2.67. The van der Waals surface area contributed by atoms with Gasteiger partial charge in [-0.25, -0.2) is 9.97 Å². The van der Waals surface area contributed by atoms with Crippen LogP contribution in [0.2, 0.25) is 5.02 Å². The summed E-state index contributed by atoms with van der Waals surface area (Å²) in [6, 6.07) is 9.74. The Morgan fingerprint density at radius 3 is 2.53 bits per heavy atom. The lowest BCUT2D eigenvalue weighted by atomic mass is 9.84. The van der Waals surface area contributed by atoms with Gasteiger partial charge < -0.3 is 15.1 Å². The Morgan fingerprint density at radius 1 is 1.09 bits per heavy atom. The fourth-order valence-electron chi connectivity index (χ4n) is 5.12. The molecule has 5 rings (SSSR count). The van der Waals surface area contributed by atoms with Gasteiger partial charge in [0.15, 0.2) is 0 Å². The van der Waals surface area contributed by atoms with Crippen molar-refractivity contribution in [3.05, 3.63) is 58.6 Å². The first kappa shape index (κ1) is 22.8. The maximum absolute atomic E-state index is 13.7. The average Bonchev–Trinajstić information content (AvgIpc) is 3.17. The fourth-order valence-corrected chi connectivity index (χ4v) is 5.31. The van der Waals surface area contributed by atoms with Crippen molar-refractivity contribution in [3.8, 4) is 11.1 Å². The van der Waals surface area contributed by atoms with Crippen molar-refractivity contribution in [2.75, 3.05) is 31.1 Å². The molecule has 0 aliphatic carbocycles. The topological polar surface area (TPSA) is 79.2 Å². The van der Waals surface area contributed by atoms with E-state index >= 15 is 0 Å². The molecular weight excluding hydrogens is 450 g/mol. The molecule has 178 valence electrons. The van der Waals surface area contributed by atoms with Crippen LogP contribution in [0.5, 0.6) is 0 Å². The predicted octanol–water partition coefficient (Wildman–Crippen LogP) is 3.12. The smallest absolute Gasteiger partial charge is 0.243 e. The van der Waals surface area contributed by atoms with E-state index < -0.39 is 5.54 Å². The van der Waals surface area contributed by atoms with Gasteiger partial charge >= 0.3 is 0 Å². The Morgan fingerprint density at radius 2 is 1.82 bits per heavy atom. The number of hydrogen-bond donors (Lipinski definition) is 1. The van der Waals surface area contributed by atoms with Gasteiger partial charge in [0, 0.05) is 61.4 Å². The van der Waals surface area contributed by atoms with Crippen molar-refractivity contribution in [3.63, 3.8) is 0 Å². The minimum Gasteiger partial charge on any atom is -0.341 e. The summed E-state index contributed by atoms with van der Waals surface area (Å²) < 4.78 is 1.80. The molecule has 2 saturated heterocycles. The van der Waals surface area contributed by atoms with Crippen molar-refractivity contribution >= 4 is 23.5 Å². The number of nitrogens with zero attached hydrogens (tertiary/aromatic N) is 6. The van der Waals surface area contributed by atoms with Gasteiger partial charge in [0.2, 0.25) is 11.9 Å². The van der Waals surface area contributed by atoms with Crippen molar-refractivity contribution in [2.24, 2.45) is 7.05 Å². The van der Waals surface area contributed by atoms with Gasteiger partial charge in [-0.2, -0.15) is 5.10 Å². The van der Waals surface area contributed by atoms with Gasteiger partial charge in [-0.15, -0.1) is 0 Å². The molecule has 0 bridgehead atoms. The fraction of sp³-hybridized carbons (Fsp3) is 0.440. The standard InChI is InChI=1S/C25H30ClN7O/c1-17-13-18(2)29-24(28-17)32-10-7-25(8-11-32)23(34)33(12-9-27-25)16-22-21(15-31(3)30-22)19-5-4-6-20(26)14-19/h4-6,13-15,27H,7-12,16H2,1-3H3. The number of anilines is 1. The second-order valence-electron chi connectivity index (χ2n) is 9.35. The van der Waals surface area contributed by atoms with Crippen LogP contribution in [0.15, 0.2) is 36.5 Å². The molecule has 0 saturated carbocycles. The van der Waals surface area contributed by atoms with Gasteiger partial charge in [-0.3, -0.25) is 9.48 Å². The molecule has 1 amide bonds. The summed E-state index contributed by atoms with van der Waals surface area (Å²) in [5, 5.41) is 8.92. The molecule has 0 radical (unpaired) electrons. The first-order chi connectivity index (χ1) is 16.3. The number of piperazine rings is 1. The van der Waals surface area contributed by atoms with Crippen molar-refractivity contribution in [1.29, 1.82) is 0 Å². The van der Waals surface area contributed by atoms with Gasteiger partial charge in [0.05, 0.1) is 12.2 Å². The Bertz CT molecular complexity index is 1200. The summed E-state index contributed by atoms with van der Waals surface area (Å²) in [4.78, 5) is 27.1. The number of halogens is 1. The largest absolute Gasteiger partial charge is 0.341 e. The van der Waals surface area contributed by atoms with Crippen LogP contribution >= 0.6 is 11.6 Å². The zero-order chi connectivity index (χ0) is 23.9. The minimum absolute atomic E-state index is 0.155. The number of carbonyl (C=O) groups is 1. The molecule has 3 aromatic rings. The number of nitrogens with one attached hydrogen (secondary N) is 1. The molecule has 2 aliphatic heterocycles. The van der Waals surface area contributed by atoms with E-state index in [0.29, 0.717) is 18.1 Å². The molecule has 8 nitrogen and oxygen atoms in total. The lowest BCUT2D eigenvalue weighted by Gasteiger charge is -2.47. The number of carbonyl (C=O) groups excluding carboxylic acids is 1. The van der Waals surface area contributed by atoms with E-state index in [1.54, 1.807) is 4.68 Å². The second kappa shape index (κ2) is 9.00. The predicted molar refractivity (Wildman–Crippen MR) is 133 cm³/mol. The van der Waals surface area contributed by atoms with E-state index in [4.69, 9.17) is 11.6 Å². The molecule has 4 heterocycles. The summed E-state index contributed by atoms with van der Waals surface area (Å²) in [5.41, 5.74) is 4.29. The van der Waals surface area contributed by atoms with E-state index in [9.17, 15) is 4.79 Å². The molecule has 1 spiro atoms. The van der Waals surface area contributed by atoms with Crippen LogP contribution in [0.4, 0.5) is 5.95 Å². The van der Waals surface area contributed by atoms with Crippen LogP contribution in [0.3, 0.4) is 0 Å². The van der Waals surface area contributed by atoms with Crippen LogP contribution in [0.25, 0.3) is 11.1 Å². The molecule has 2 fully saturated rings. The molecule has 0 unspecified atom stereocenters. The van der Waals surface area contributed by atoms with E-state index in [1.807, 2.05) is 62.3 Å². The number of piperidine rings is 1.